The molecule has 1 unspecified atom stereocenters. The molecule has 8 heteroatoms. The summed E-state index contributed by atoms with van der Waals surface area (Å²) >= 11 is 0. The van der Waals surface area contributed by atoms with Crippen molar-refractivity contribution in [1.29, 1.82) is 0 Å². The molecule has 2 aliphatic heterocycles. The molecule has 184 valence electrons. The maximum atomic E-state index is 13.7. The highest BCUT2D eigenvalue weighted by Gasteiger charge is 2.28. The number of hydrogen-bond donors (Lipinski definition) is 0. The van der Waals surface area contributed by atoms with Crippen molar-refractivity contribution in [3.05, 3.63) is 102 Å². The van der Waals surface area contributed by atoms with Crippen LogP contribution in [0.3, 0.4) is 0 Å². The summed E-state index contributed by atoms with van der Waals surface area (Å²) in [5, 5.41) is 0. The van der Waals surface area contributed by atoms with Gasteiger partial charge in [0.15, 0.2) is 0 Å². The molecule has 1 amide bonds. The third-order valence-corrected chi connectivity index (χ3v) is 6.50. The molecular formula is C28H26F2N4O2. The molecule has 0 N–H and O–H groups in total. The number of carbonyl (C=O) groups is 1. The zero-order valence-corrected chi connectivity index (χ0v) is 19.9. The second-order valence-electron chi connectivity index (χ2n) is 8.91. The van der Waals surface area contributed by atoms with E-state index in [0.717, 1.165) is 11.1 Å². The van der Waals surface area contributed by atoms with Crippen molar-refractivity contribution in [3.8, 4) is 0 Å². The van der Waals surface area contributed by atoms with Crippen LogP contribution in [0.1, 0.15) is 36.8 Å². The van der Waals surface area contributed by atoms with Crippen molar-refractivity contribution in [1.82, 2.24) is 14.8 Å². The monoisotopic (exact) mass is 488 g/mol. The van der Waals surface area contributed by atoms with Crippen LogP contribution in [0.5, 0.6) is 0 Å². The van der Waals surface area contributed by atoms with Crippen molar-refractivity contribution in [2.24, 2.45) is 4.99 Å². The number of oxazole rings is 1. The lowest BCUT2D eigenvalue weighted by atomic mass is 10.1. The highest BCUT2D eigenvalue weighted by molar-refractivity contribution is 6.03. The van der Waals surface area contributed by atoms with Gasteiger partial charge in [-0.1, -0.05) is 12.2 Å². The Labute approximate surface area is 208 Å². The van der Waals surface area contributed by atoms with Crippen molar-refractivity contribution < 1.29 is 18.0 Å². The van der Waals surface area contributed by atoms with Crippen molar-refractivity contribution in [2.75, 3.05) is 19.6 Å². The zero-order chi connectivity index (χ0) is 25.1. The van der Waals surface area contributed by atoms with Crippen molar-refractivity contribution in [3.63, 3.8) is 0 Å². The lowest BCUT2D eigenvalue weighted by molar-refractivity contribution is -0.131. The highest BCUT2D eigenvalue weighted by atomic mass is 19.1. The Bertz CT molecular complexity index is 1310. The number of aromatic nitrogens is 1. The van der Waals surface area contributed by atoms with E-state index < -0.39 is 0 Å². The van der Waals surface area contributed by atoms with Gasteiger partial charge in [-0.3, -0.25) is 4.79 Å². The van der Waals surface area contributed by atoms with E-state index in [9.17, 15) is 13.6 Å². The van der Waals surface area contributed by atoms with Crippen molar-refractivity contribution >= 4 is 23.0 Å². The summed E-state index contributed by atoms with van der Waals surface area (Å²) in [7, 11) is 0. The van der Waals surface area contributed by atoms with Gasteiger partial charge in [-0.05, 0) is 68.3 Å². The molecule has 1 atom stereocenters. The number of amidine groups is 1. The Kier molecular flexibility index (Phi) is 6.75. The van der Waals surface area contributed by atoms with Crippen LogP contribution < -0.4 is 0 Å². The molecular weight excluding hydrogens is 462 g/mol. The summed E-state index contributed by atoms with van der Waals surface area (Å²) in [6.07, 6.45) is 8.43. The molecule has 0 fully saturated rings. The van der Waals surface area contributed by atoms with Crippen LogP contribution in [0.25, 0.3) is 11.3 Å². The van der Waals surface area contributed by atoms with Crippen LogP contribution in [0, 0.1) is 11.6 Å². The first-order chi connectivity index (χ1) is 17.5. The Hall–Kier alpha value is -4.07. The van der Waals surface area contributed by atoms with Gasteiger partial charge in [-0.25, -0.2) is 18.8 Å². The molecule has 0 aliphatic carbocycles. The molecule has 0 spiro atoms. The normalized spacial score (nSPS) is 18.3. The number of rotatable bonds is 5. The zero-order valence-electron chi connectivity index (χ0n) is 19.9. The molecule has 5 rings (SSSR count). The van der Waals surface area contributed by atoms with E-state index in [0.29, 0.717) is 48.9 Å². The summed E-state index contributed by atoms with van der Waals surface area (Å²) < 4.78 is 32.6. The molecule has 36 heavy (non-hydrogen) atoms. The van der Waals surface area contributed by atoms with E-state index in [1.54, 1.807) is 41.6 Å². The van der Waals surface area contributed by atoms with Crippen LogP contribution in [0.4, 0.5) is 8.78 Å². The average Bonchev–Trinajstić information content (AvgIpc) is 3.39. The largest absolute Gasteiger partial charge is 0.445 e. The molecule has 0 saturated heterocycles. The summed E-state index contributed by atoms with van der Waals surface area (Å²) in [6, 6.07) is 12.2. The molecule has 0 radical (unpaired) electrons. The van der Waals surface area contributed by atoms with Gasteiger partial charge in [0.2, 0.25) is 11.8 Å². The number of amides is 1. The van der Waals surface area contributed by atoms with Crippen molar-refractivity contribution in [2.45, 2.75) is 25.8 Å². The predicted octanol–water partition coefficient (Wildman–Crippen LogP) is 5.15. The Morgan fingerprint density at radius 1 is 1.03 bits per heavy atom. The number of halogens is 2. The number of nitrogens with zero attached hydrogens (tertiary/aromatic N) is 4. The minimum absolute atomic E-state index is 0.0235. The first-order valence-corrected chi connectivity index (χ1v) is 11.9. The molecule has 2 aliphatic rings. The average molecular weight is 489 g/mol. The van der Waals surface area contributed by atoms with Crippen LogP contribution >= 0.6 is 0 Å². The summed E-state index contributed by atoms with van der Waals surface area (Å²) in [5.41, 5.74) is 3.16. The molecule has 3 heterocycles. The van der Waals surface area contributed by atoms with E-state index in [1.165, 1.54) is 24.3 Å². The molecule has 1 aromatic heterocycles. The molecule has 6 nitrogen and oxygen atoms in total. The lowest BCUT2D eigenvalue weighted by Gasteiger charge is -2.33. The van der Waals surface area contributed by atoms with Crippen LogP contribution in [-0.4, -0.2) is 52.2 Å². The maximum absolute atomic E-state index is 13.7. The topological polar surface area (TPSA) is 61.9 Å². The number of aliphatic imine (C=N–C) groups is 1. The molecule has 3 aromatic rings. The number of hydrogen-bond acceptors (Lipinski definition) is 5. The fraction of sp³-hybridized carbons (Fsp3) is 0.250. The van der Waals surface area contributed by atoms with Gasteiger partial charge in [-0.2, -0.15) is 0 Å². The number of benzene rings is 2. The third kappa shape index (κ3) is 5.12. The predicted molar refractivity (Wildman–Crippen MR) is 134 cm³/mol. The SMILES string of the molecule is CC1CC=C(c2ccc(F)cc2)N=C(c2ccc(F)cc2)N1CC(=O)N1CC=C(c2ncco2)CC1. The molecule has 2 aromatic carbocycles. The summed E-state index contributed by atoms with van der Waals surface area (Å²) in [4.78, 5) is 26.3. The molecule has 0 bridgehead atoms. The lowest BCUT2D eigenvalue weighted by Crippen LogP contribution is -2.47. The highest BCUT2D eigenvalue weighted by Crippen LogP contribution is 2.26. The molecule has 0 saturated carbocycles. The van der Waals surface area contributed by atoms with E-state index in [-0.39, 0.29) is 30.1 Å². The van der Waals surface area contributed by atoms with Crippen LogP contribution in [0.15, 0.2) is 82.6 Å². The summed E-state index contributed by atoms with van der Waals surface area (Å²) in [5.74, 6) is 0.479. The van der Waals surface area contributed by atoms with E-state index in [2.05, 4.69) is 4.98 Å². The Morgan fingerprint density at radius 2 is 1.72 bits per heavy atom. The van der Waals surface area contributed by atoms with Gasteiger partial charge in [0.1, 0.15) is 23.7 Å². The first kappa shape index (κ1) is 23.7. The second-order valence-corrected chi connectivity index (χ2v) is 8.91. The third-order valence-electron chi connectivity index (χ3n) is 6.50. The van der Waals surface area contributed by atoms with Gasteiger partial charge < -0.3 is 14.2 Å². The van der Waals surface area contributed by atoms with Crippen LogP contribution in [-0.2, 0) is 4.79 Å². The quantitative estimate of drug-likeness (QED) is 0.498. The fourth-order valence-electron chi connectivity index (χ4n) is 4.42. The maximum Gasteiger partial charge on any atom is 0.242 e. The Morgan fingerprint density at radius 3 is 2.33 bits per heavy atom. The first-order valence-electron chi connectivity index (χ1n) is 11.9. The standard InChI is InChI=1S/C28H26F2N4O2/c1-19-2-11-25(20-3-7-23(29)8-4-20)32-27(21-5-9-24(30)10-6-21)34(19)18-26(35)33-15-12-22(13-16-33)28-31-14-17-36-28/h3-12,14,17,19H,2,13,15-16,18H2,1H3. The van der Waals surface area contributed by atoms with Gasteiger partial charge in [0.05, 0.1) is 18.4 Å². The second kappa shape index (κ2) is 10.3. The Balaban J connectivity index is 1.42. The van der Waals surface area contributed by atoms with Crippen LogP contribution in [0.2, 0.25) is 0 Å². The summed E-state index contributed by atoms with van der Waals surface area (Å²) in [6.45, 7) is 3.20. The smallest absolute Gasteiger partial charge is 0.242 e. The van der Waals surface area contributed by atoms with Gasteiger partial charge in [0, 0.05) is 35.8 Å². The van der Waals surface area contributed by atoms with Gasteiger partial charge >= 0.3 is 0 Å². The minimum Gasteiger partial charge on any atom is -0.445 e. The number of carbonyl (C=O) groups excluding carboxylic acids is 1. The van der Waals surface area contributed by atoms with Gasteiger partial charge in [-0.15, -0.1) is 0 Å². The van der Waals surface area contributed by atoms with E-state index >= 15 is 0 Å². The van der Waals surface area contributed by atoms with Gasteiger partial charge in [0.25, 0.3) is 0 Å². The minimum atomic E-state index is -0.347. The fourth-order valence-corrected chi connectivity index (χ4v) is 4.42. The van der Waals surface area contributed by atoms with E-state index in [4.69, 9.17) is 9.41 Å². The van der Waals surface area contributed by atoms with E-state index in [1.807, 2.05) is 24.0 Å².